The number of carbonyl (C=O) groups excluding carboxylic acids is 1. The third-order valence-corrected chi connectivity index (χ3v) is 6.27. The largest absolute Gasteiger partial charge is 0.340 e. The number of aryl methyl sites for hydroxylation is 2. The van der Waals surface area contributed by atoms with Crippen LogP contribution in [0.2, 0.25) is 0 Å². The average Bonchev–Trinajstić information content (AvgIpc) is 3.00. The second-order valence-electron chi connectivity index (χ2n) is 4.80. The van der Waals surface area contributed by atoms with E-state index in [-0.39, 0.29) is 11.7 Å². The van der Waals surface area contributed by atoms with Gasteiger partial charge in [0.05, 0.1) is 23.0 Å². The summed E-state index contributed by atoms with van der Waals surface area (Å²) in [5.74, 6) is 0.398. The van der Waals surface area contributed by atoms with Crippen molar-refractivity contribution < 1.29 is 9.00 Å². The van der Waals surface area contributed by atoms with Crippen molar-refractivity contribution in [3.63, 3.8) is 0 Å². The zero-order valence-corrected chi connectivity index (χ0v) is 14.7. The van der Waals surface area contributed by atoms with Gasteiger partial charge in [0, 0.05) is 27.6 Å². The van der Waals surface area contributed by atoms with Crippen molar-refractivity contribution in [1.82, 2.24) is 9.88 Å². The first-order valence-corrected chi connectivity index (χ1v) is 9.68. The normalized spacial score (nSPS) is 12.3. The van der Waals surface area contributed by atoms with E-state index < -0.39 is 10.8 Å². The molecule has 0 saturated carbocycles. The third-order valence-electron chi connectivity index (χ3n) is 2.98. The number of carbonyl (C=O) groups is 1. The van der Waals surface area contributed by atoms with E-state index in [1.54, 1.807) is 34.6 Å². The molecule has 0 aliphatic rings. The second-order valence-corrected chi connectivity index (χ2v) is 8.58. The Labute approximate surface area is 135 Å². The topological polar surface area (TPSA) is 50.3 Å². The van der Waals surface area contributed by atoms with Crippen LogP contribution in [-0.4, -0.2) is 32.8 Å². The first-order chi connectivity index (χ1) is 9.95. The number of thiophene rings is 1. The van der Waals surface area contributed by atoms with E-state index in [0.29, 0.717) is 12.3 Å². The van der Waals surface area contributed by atoms with Gasteiger partial charge in [0.25, 0.3) is 0 Å². The minimum atomic E-state index is -1.18. The number of thiazole rings is 1. The molecule has 2 rings (SSSR count). The van der Waals surface area contributed by atoms with Crippen molar-refractivity contribution in [2.45, 2.75) is 26.1 Å². The highest BCUT2D eigenvalue weighted by Crippen LogP contribution is 2.19. The summed E-state index contributed by atoms with van der Waals surface area (Å²) in [5.41, 5.74) is 0.922. The first kappa shape index (κ1) is 16.3. The summed E-state index contributed by atoms with van der Waals surface area (Å²) in [6.45, 7) is 4.43. The average molecular weight is 343 g/mol. The zero-order valence-electron chi connectivity index (χ0n) is 12.3. The second kappa shape index (κ2) is 7.29. The molecule has 0 aromatic carbocycles. The molecule has 0 saturated heterocycles. The molecule has 0 unspecified atom stereocenters. The Hall–Kier alpha value is -1.05. The lowest BCUT2D eigenvalue weighted by molar-refractivity contribution is -0.127. The van der Waals surface area contributed by atoms with Gasteiger partial charge in [0.15, 0.2) is 0 Å². The molecular formula is C14H18N2O2S3. The van der Waals surface area contributed by atoms with Crippen molar-refractivity contribution in [3.05, 3.63) is 38.0 Å². The maximum Gasteiger partial charge on any atom is 0.235 e. The van der Waals surface area contributed by atoms with Crippen LogP contribution in [0.4, 0.5) is 0 Å². The molecule has 114 valence electrons. The van der Waals surface area contributed by atoms with E-state index in [9.17, 15) is 9.00 Å². The summed E-state index contributed by atoms with van der Waals surface area (Å²) in [6.07, 6.45) is 0. The third kappa shape index (κ3) is 4.72. The van der Waals surface area contributed by atoms with Crippen molar-refractivity contribution >= 4 is 39.4 Å². The van der Waals surface area contributed by atoms with E-state index in [2.05, 4.69) is 4.98 Å². The number of amides is 1. The van der Waals surface area contributed by atoms with Crippen LogP contribution in [0.5, 0.6) is 0 Å². The fourth-order valence-electron chi connectivity index (χ4n) is 1.88. The quantitative estimate of drug-likeness (QED) is 0.811. The molecule has 21 heavy (non-hydrogen) atoms. The van der Waals surface area contributed by atoms with E-state index in [1.807, 2.05) is 31.4 Å². The highest BCUT2D eigenvalue weighted by atomic mass is 32.2. The van der Waals surface area contributed by atoms with Gasteiger partial charge in [-0.25, -0.2) is 4.98 Å². The number of hydrogen-bond donors (Lipinski definition) is 0. The van der Waals surface area contributed by atoms with Gasteiger partial charge in [-0.3, -0.25) is 9.00 Å². The molecule has 2 heterocycles. The number of hydrogen-bond acceptors (Lipinski definition) is 5. The minimum Gasteiger partial charge on any atom is -0.340 e. The van der Waals surface area contributed by atoms with Crippen molar-refractivity contribution in [3.8, 4) is 0 Å². The van der Waals surface area contributed by atoms with E-state index in [4.69, 9.17) is 0 Å². The van der Waals surface area contributed by atoms with Gasteiger partial charge < -0.3 is 4.90 Å². The van der Waals surface area contributed by atoms with Gasteiger partial charge in [-0.05, 0) is 25.3 Å². The number of nitrogens with zero attached hydrogens (tertiary/aromatic N) is 2. The van der Waals surface area contributed by atoms with Crippen LogP contribution in [0.1, 0.15) is 20.5 Å². The molecule has 0 N–H and O–H groups in total. The summed E-state index contributed by atoms with van der Waals surface area (Å²) in [4.78, 5) is 20.2. The number of aromatic nitrogens is 1. The summed E-state index contributed by atoms with van der Waals surface area (Å²) < 4.78 is 12.1. The Kier molecular flexibility index (Phi) is 5.66. The molecule has 7 heteroatoms. The summed E-state index contributed by atoms with van der Waals surface area (Å²) in [7, 11) is 0.567. The lowest BCUT2D eigenvalue weighted by Crippen LogP contribution is -2.30. The van der Waals surface area contributed by atoms with Crippen LogP contribution < -0.4 is 0 Å². The molecule has 2 aromatic rings. The predicted molar refractivity (Wildman–Crippen MR) is 89.1 cm³/mol. The van der Waals surface area contributed by atoms with E-state index in [1.165, 1.54) is 0 Å². The van der Waals surface area contributed by atoms with Crippen LogP contribution >= 0.6 is 22.7 Å². The van der Waals surface area contributed by atoms with Crippen LogP contribution in [0.3, 0.4) is 0 Å². The van der Waals surface area contributed by atoms with Crippen LogP contribution in [0.15, 0.2) is 17.5 Å². The van der Waals surface area contributed by atoms with Crippen LogP contribution in [-0.2, 0) is 27.9 Å². The fraction of sp³-hybridized carbons (Fsp3) is 0.429. The Balaban J connectivity index is 1.87. The maximum absolute atomic E-state index is 12.1. The van der Waals surface area contributed by atoms with Gasteiger partial charge in [0.1, 0.15) is 5.75 Å². The first-order valence-electron chi connectivity index (χ1n) is 6.50. The van der Waals surface area contributed by atoms with Gasteiger partial charge in [-0.15, -0.1) is 22.7 Å². The molecule has 0 aliphatic carbocycles. The zero-order chi connectivity index (χ0) is 15.4. The molecule has 0 spiro atoms. The molecule has 2 aromatic heterocycles. The van der Waals surface area contributed by atoms with Gasteiger partial charge >= 0.3 is 0 Å². The molecule has 1 amide bonds. The lowest BCUT2D eigenvalue weighted by Gasteiger charge is -2.15. The minimum absolute atomic E-state index is 0.0677. The van der Waals surface area contributed by atoms with Crippen molar-refractivity contribution in [2.24, 2.45) is 0 Å². The smallest absolute Gasteiger partial charge is 0.235 e. The summed E-state index contributed by atoms with van der Waals surface area (Å²) in [5, 5.41) is 2.96. The van der Waals surface area contributed by atoms with E-state index in [0.717, 1.165) is 20.5 Å². The molecule has 0 bridgehead atoms. The SMILES string of the molecule is Cc1nc(C)c(C[S@@](=O)CC(=O)N(C)Cc2cccs2)s1. The molecule has 0 fully saturated rings. The molecular weight excluding hydrogens is 324 g/mol. The van der Waals surface area contributed by atoms with Crippen LogP contribution in [0, 0.1) is 13.8 Å². The van der Waals surface area contributed by atoms with Gasteiger partial charge in [-0.2, -0.15) is 0 Å². The molecule has 4 nitrogen and oxygen atoms in total. The van der Waals surface area contributed by atoms with Gasteiger partial charge in [-0.1, -0.05) is 6.07 Å². The summed E-state index contributed by atoms with van der Waals surface area (Å²) >= 11 is 3.17. The number of rotatable bonds is 6. The molecule has 0 radical (unpaired) electrons. The fourth-order valence-corrected chi connectivity index (χ4v) is 5.10. The van der Waals surface area contributed by atoms with Crippen LogP contribution in [0.25, 0.3) is 0 Å². The monoisotopic (exact) mass is 342 g/mol. The molecule has 0 aliphatic heterocycles. The molecule has 1 atom stereocenters. The van der Waals surface area contributed by atoms with Gasteiger partial charge in [0.2, 0.25) is 5.91 Å². The maximum atomic E-state index is 12.1. The Bertz CT molecular complexity index is 635. The summed E-state index contributed by atoms with van der Waals surface area (Å²) in [6, 6.07) is 3.96. The lowest BCUT2D eigenvalue weighted by atomic mass is 10.4. The van der Waals surface area contributed by atoms with Crippen molar-refractivity contribution in [1.29, 1.82) is 0 Å². The highest BCUT2D eigenvalue weighted by molar-refractivity contribution is 7.85. The van der Waals surface area contributed by atoms with E-state index >= 15 is 0 Å². The Morgan fingerprint density at radius 1 is 1.43 bits per heavy atom. The Morgan fingerprint density at radius 2 is 2.19 bits per heavy atom. The highest BCUT2D eigenvalue weighted by Gasteiger charge is 2.16. The van der Waals surface area contributed by atoms with Crippen molar-refractivity contribution in [2.75, 3.05) is 12.8 Å². The Morgan fingerprint density at radius 3 is 2.76 bits per heavy atom. The predicted octanol–water partition coefficient (Wildman–Crippen LogP) is 2.73. The standard InChI is InChI=1S/C14H18N2O2S3/c1-10-13(20-11(2)15-10)8-21(18)9-14(17)16(3)7-12-5-4-6-19-12/h4-6H,7-9H2,1-3H3/t21-/m1/s1.